The third-order valence-electron chi connectivity index (χ3n) is 22.1. The zero-order chi connectivity index (χ0) is 80.0. The van der Waals surface area contributed by atoms with Crippen LogP contribution in [0.15, 0.2) is 166 Å². The molecule has 7 heterocycles. The molecule has 0 radical (unpaired) electrons. The molecule has 2 amide bonds. The fourth-order valence-electron chi connectivity index (χ4n) is 15.9. The molecular formula is C89H100F3N6O17-. The summed E-state index contributed by atoms with van der Waals surface area (Å²) >= 11 is 0. The van der Waals surface area contributed by atoms with Crippen molar-refractivity contribution in [2.45, 2.75) is 204 Å². The number of hydrogen-bond acceptors (Lipinski definition) is 18. The van der Waals surface area contributed by atoms with Crippen LogP contribution in [-0.4, -0.2) is 131 Å². The number of hydrogen-bond donors (Lipinski definition) is 3. The molecule has 3 saturated carbocycles. The summed E-state index contributed by atoms with van der Waals surface area (Å²) in [5.74, 6) is -5.14. The second-order valence-electron chi connectivity index (χ2n) is 30.0. The molecule has 115 heavy (non-hydrogen) atoms. The molecule has 610 valence electrons. The van der Waals surface area contributed by atoms with Crippen molar-refractivity contribution >= 4 is 41.4 Å². The van der Waals surface area contributed by atoms with E-state index in [1.165, 1.54) is 77.0 Å². The average Bonchev–Trinajstić information content (AvgIpc) is 1.64. The second-order valence-corrected chi connectivity index (χ2v) is 30.0. The molecule has 26 heteroatoms. The standard InChI is InChI=1S/C31H31FN2O5.C25H22FNO6.C24H25FN2O5.C7H15NO.CH4.CH3/c32-23-12-9-21(10-13-23)11-14-25(35)24-17-33-18-26-34(20-31(39-26)15-5-2-6-16-31)30(37)27(33)29(28(24)36)38-19-22-7-3-1-4-8-22;1-32-25(31)22-24(33-16-18-5-3-2-4-6-18)23(30)20(15-27(22)13-14-28)21(29)12-9-17-7-10-19(26)11-8-17;25-16-7-4-15(5-8-16)6-9-18(28)17-12-26-13-19-27(23(31)20(26)22(30)21(17)29)14-24(32-19)10-2-1-3-11-24;8-6-7(9)4-2-1-3-5-7;;/h1,3-4,7-10,12-13,17,26H,2,5-6,11,14-16,18-20H2;2-8,10-11,14-15H,9,12-13,16H2,1H3;4-5,7-8,12,19,30H,1-3,6,9-11,13-14H2;9H,1-6,8H2;1H4;1H3/q;;;;;-1. The molecule has 5 fully saturated rings. The van der Waals surface area contributed by atoms with Crippen LogP contribution in [0.3, 0.4) is 0 Å². The lowest BCUT2D eigenvalue weighted by atomic mass is 9.85. The molecule has 23 nitrogen and oxygen atoms in total. The first-order chi connectivity index (χ1) is 54.5. The topological polar surface area (TPSA) is 305 Å². The summed E-state index contributed by atoms with van der Waals surface area (Å²) in [7, 11) is 1.14. The Morgan fingerprint density at radius 2 is 0.887 bits per heavy atom. The van der Waals surface area contributed by atoms with Gasteiger partial charge in [0, 0.05) is 44.4 Å². The Morgan fingerprint density at radius 3 is 1.29 bits per heavy atom. The minimum absolute atomic E-state index is 0. The number of halogens is 3. The largest absolute Gasteiger partial charge is 0.503 e. The summed E-state index contributed by atoms with van der Waals surface area (Å²) in [6, 6.07) is 35.8. The number of aromatic hydroxyl groups is 1. The summed E-state index contributed by atoms with van der Waals surface area (Å²) in [5.41, 5.74) is 5.32. The van der Waals surface area contributed by atoms with Crippen LogP contribution in [0.5, 0.6) is 17.2 Å². The normalized spacial score (nSPS) is 17.7. The van der Waals surface area contributed by atoms with Crippen molar-refractivity contribution in [3.8, 4) is 17.2 Å². The zero-order valence-corrected chi connectivity index (χ0v) is 64.1. The molecule has 2 saturated heterocycles. The van der Waals surface area contributed by atoms with Gasteiger partial charge in [-0.1, -0.05) is 162 Å². The maximum absolute atomic E-state index is 13.8. The van der Waals surface area contributed by atoms with Crippen molar-refractivity contribution in [1.82, 2.24) is 23.5 Å². The molecule has 15 rings (SSSR count). The lowest BCUT2D eigenvalue weighted by molar-refractivity contribution is -0.108. The summed E-state index contributed by atoms with van der Waals surface area (Å²) in [6.07, 6.45) is 20.2. The molecule has 4 aliphatic heterocycles. The van der Waals surface area contributed by atoms with Gasteiger partial charge in [-0.3, -0.25) is 38.4 Å². The van der Waals surface area contributed by atoms with Gasteiger partial charge in [0.2, 0.25) is 16.3 Å². The fraction of sp³-hybridized carbons (Fsp3) is 0.404. The van der Waals surface area contributed by atoms with Crippen LogP contribution in [0.4, 0.5) is 13.2 Å². The van der Waals surface area contributed by atoms with E-state index in [0.29, 0.717) is 45.3 Å². The van der Waals surface area contributed by atoms with Gasteiger partial charge in [-0.2, -0.15) is 0 Å². The van der Waals surface area contributed by atoms with Crippen LogP contribution >= 0.6 is 0 Å². The summed E-state index contributed by atoms with van der Waals surface area (Å²) in [6.45, 7) is 1.75. The third kappa shape index (κ3) is 20.6. The zero-order valence-electron chi connectivity index (χ0n) is 64.1. The van der Waals surface area contributed by atoms with Gasteiger partial charge in [-0.15, -0.1) is 0 Å². The SMILES string of the molecule is C.COC(=O)c1c(OCc2ccccc2)c(=O)c(C(=O)CCc2ccc(F)cc2)cn1CC=O.NCC1(O)CCCCC1.O=C(CCc1ccc(F)cc1)c1cn2c(c(O)c1=O)C(=O)N1CC3(CCCCC3)OC1C2.O=C(CCc1ccc(F)cc1)c1cn2c(c(OCc3ccccc3)c1=O)C(=O)N1CC3(CCCCC3)OC1C2.[CH3-]. The van der Waals surface area contributed by atoms with Crippen LogP contribution in [0, 0.1) is 24.9 Å². The van der Waals surface area contributed by atoms with E-state index in [4.69, 9.17) is 29.4 Å². The number of aryl methyl sites for hydroxylation is 3. The van der Waals surface area contributed by atoms with E-state index in [9.17, 15) is 71.3 Å². The van der Waals surface area contributed by atoms with Gasteiger partial charge in [0.15, 0.2) is 64.1 Å². The van der Waals surface area contributed by atoms with Crippen molar-refractivity contribution in [2.75, 3.05) is 26.7 Å². The molecule has 5 aromatic carbocycles. The number of carbonyl (C=O) groups is 7. The molecule has 7 aliphatic rings. The van der Waals surface area contributed by atoms with E-state index in [2.05, 4.69) is 0 Å². The number of ether oxygens (including phenoxy) is 5. The number of fused-ring (bicyclic) bond motifs is 4. The highest BCUT2D eigenvalue weighted by atomic mass is 19.1. The molecule has 8 aromatic rings. The first-order valence-corrected chi connectivity index (χ1v) is 38.6. The Hall–Kier alpha value is -10.9. The van der Waals surface area contributed by atoms with Gasteiger partial charge in [-0.05, 0) is 122 Å². The van der Waals surface area contributed by atoms with Crippen LogP contribution in [0.2, 0.25) is 0 Å². The van der Waals surface area contributed by atoms with Gasteiger partial charge in [0.1, 0.15) is 37.0 Å². The Balaban J connectivity index is 0.000000172. The van der Waals surface area contributed by atoms with E-state index >= 15 is 0 Å². The Bertz CT molecular complexity index is 4960. The number of aldehydes is 1. The molecule has 2 spiro atoms. The number of aliphatic hydroxyl groups is 1. The lowest BCUT2D eigenvalue weighted by Gasteiger charge is -2.32. The van der Waals surface area contributed by atoms with Gasteiger partial charge in [0.05, 0.1) is 73.3 Å². The number of Topliss-reactive ketones (excluding diaryl/α,β-unsaturated/α-hetero) is 3. The number of benzene rings is 5. The average molecular weight is 1580 g/mol. The van der Waals surface area contributed by atoms with Crippen LogP contribution in [-0.2, 0) is 71.1 Å². The maximum Gasteiger partial charge on any atom is 0.358 e. The highest BCUT2D eigenvalue weighted by Crippen LogP contribution is 2.44. The first kappa shape index (κ1) is 86.5. The number of nitrogens with zero attached hydrogens (tertiary/aromatic N) is 5. The van der Waals surface area contributed by atoms with Gasteiger partial charge in [0.25, 0.3) is 11.8 Å². The molecule has 4 N–H and O–H groups in total. The van der Waals surface area contributed by atoms with Crippen LogP contribution < -0.4 is 31.5 Å². The van der Waals surface area contributed by atoms with E-state index in [1.54, 1.807) is 75.0 Å². The number of esters is 1. The van der Waals surface area contributed by atoms with Crippen LogP contribution in [0.1, 0.15) is 213 Å². The number of pyridine rings is 3. The Morgan fingerprint density at radius 1 is 0.513 bits per heavy atom. The predicted molar refractivity (Wildman–Crippen MR) is 424 cm³/mol. The fourth-order valence-corrected chi connectivity index (χ4v) is 15.9. The highest BCUT2D eigenvalue weighted by Gasteiger charge is 2.52. The number of aromatic nitrogens is 3. The number of rotatable bonds is 22. The highest BCUT2D eigenvalue weighted by molar-refractivity contribution is 6.02. The number of ketones is 3. The van der Waals surface area contributed by atoms with E-state index < -0.39 is 63.5 Å². The van der Waals surface area contributed by atoms with Crippen molar-refractivity contribution in [3.63, 3.8) is 0 Å². The lowest BCUT2D eigenvalue weighted by Crippen LogP contribution is -2.46. The van der Waals surface area contributed by atoms with E-state index in [-0.39, 0.29) is 152 Å². The smallest absolute Gasteiger partial charge is 0.358 e. The third-order valence-corrected chi connectivity index (χ3v) is 22.1. The Kier molecular flexibility index (Phi) is 29.3. The first-order valence-electron chi connectivity index (χ1n) is 38.6. The molecule has 2 unspecified atom stereocenters. The monoisotopic (exact) mass is 1580 g/mol. The molecule has 3 aliphatic carbocycles. The summed E-state index contributed by atoms with van der Waals surface area (Å²) < 4.78 is 73.1. The molecule has 2 atom stereocenters. The number of carbonyl (C=O) groups excluding carboxylic acids is 7. The van der Waals surface area contributed by atoms with Crippen molar-refractivity contribution in [3.05, 3.63) is 269 Å². The van der Waals surface area contributed by atoms with Crippen molar-refractivity contribution in [1.29, 1.82) is 0 Å². The van der Waals surface area contributed by atoms with Crippen molar-refractivity contribution in [2.24, 2.45) is 5.73 Å². The van der Waals surface area contributed by atoms with E-state index in [0.717, 1.165) is 118 Å². The molecular weight excluding hydrogens is 1480 g/mol. The maximum atomic E-state index is 13.8. The molecule has 0 bridgehead atoms. The Labute approximate surface area is 665 Å². The van der Waals surface area contributed by atoms with E-state index in [1.807, 2.05) is 36.4 Å². The number of methoxy groups -OCH3 is 1. The van der Waals surface area contributed by atoms with Crippen LogP contribution in [0.25, 0.3) is 0 Å². The van der Waals surface area contributed by atoms with Gasteiger partial charge >= 0.3 is 5.97 Å². The van der Waals surface area contributed by atoms with Crippen molar-refractivity contribution < 1.29 is 80.6 Å². The second kappa shape index (κ2) is 38.9. The van der Waals surface area contributed by atoms with Gasteiger partial charge < -0.3 is 75.4 Å². The molecule has 3 aromatic heterocycles. The predicted octanol–water partition coefficient (Wildman–Crippen LogP) is 13.0. The number of amides is 2. The minimum atomic E-state index is -0.873. The quantitative estimate of drug-likeness (QED) is 0.0246. The van der Waals surface area contributed by atoms with Gasteiger partial charge in [-0.25, -0.2) is 18.0 Å². The minimum Gasteiger partial charge on any atom is -0.503 e. The number of nitrogens with two attached hydrogens (primary N) is 1. The summed E-state index contributed by atoms with van der Waals surface area (Å²) in [4.78, 5) is 132. The summed E-state index contributed by atoms with van der Waals surface area (Å²) in [5, 5.41) is 20.1.